The number of H-pyrrole nitrogens is 1. The highest BCUT2D eigenvalue weighted by Crippen LogP contribution is 2.36. The lowest BCUT2D eigenvalue weighted by Crippen LogP contribution is -1.92. The van der Waals surface area contributed by atoms with E-state index < -0.39 is 0 Å². The van der Waals surface area contributed by atoms with Gasteiger partial charge in [-0.15, -0.1) is 0 Å². The molecule has 2 heterocycles. The molecule has 1 aromatic heterocycles. The molecule has 0 spiro atoms. The van der Waals surface area contributed by atoms with E-state index in [0.29, 0.717) is 6.79 Å². The lowest BCUT2D eigenvalue weighted by Gasteiger charge is -1.96. The topological polar surface area (TPSA) is 34.2 Å². The third-order valence-electron chi connectivity index (χ3n) is 2.38. The number of aromatic nitrogens is 1. The van der Waals surface area contributed by atoms with Gasteiger partial charge in [-0.3, -0.25) is 0 Å². The Kier molecular flexibility index (Phi) is 2.54. The van der Waals surface area contributed by atoms with Crippen LogP contribution in [0, 0.1) is 6.92 Å². The van der Waals surface area contributed by atoms with Crippen molar-refractivity contribution in [2.24, 2.45) is 0 Å². The van der Waals surface area contributed by atoms with E-state index in [9.17, 15) is 0 Å². The second-order valence-corrected chi connectivity index (χ2v) is 3.22. The van der Waals surface area contributed by atoms with Crippen molar-refractivity contribution in [3.05, 3.63) is 23.9 Å². The number of aryl methyl sites for hydroxylation is 1. The van der Waals surface area contributed by atoms with Crippen LogP contribution in [0.4, 0.5) is 0 Å². The molecule has 3 nitrogen and oxygen atoms in total. The third-order valence-corrected chi connectivity index (χ3v) is 2.38. The second kappa shape index (κ2) is 3.85. The van der Waals surface area contributed by atoms with Gasteiger partial charge in [-0.25, -0.2) is 0 Å². The number of benzene rings is 1. The summed E-state index contributed by atoms with van der Waals surface area (Å²) in [6, 6.07) is 3.99. The maximum Gasteiger partial charge on any atom is 0.231 e. The maximum absolute atomic E-state index is 5.29. The summed E-state index contributed by atoms with van der Waals surface area (Å²) in [4.78, 5) is 3.18. The molecule has 3 rings (SSSR count). The Morgan fingerprint density at radius 3 is 2.53 bits per heavy atom. The fourth-order valence-corrected chi connectivity index (χ4v) is 1.65. The van der Waals surface area contributed by atoms with Crippen LogP contribution in [0.15, 0.2) is 18.3 Å². The molecule has 1 aromatic carbocycles. The van der Waals surface area contributed by atoms with Crippen molar-refractivity contribution in [3.63, 3.8) is 0 Å². The molecule has 0 saturated carbocycles. The molecule has 0 saturated heterocycles. The van der Waals surface area contributed by atoms with Gasteiger partial charge in [-0.05, 0) is 18.6 Å². The zero-order chi connectivity index (χ0) is 10.8. The second-order valence-electron chi connectivity index (χ2n) is 3.22. The predicted octanol–water partition coefficient (Wildman–Crippen LogP) is 3.23. The van der Waals surface area contributed by atoms with Crippen LogP contribution in [0.3, 0.4) is 0 Å². The summed E-state index contributed by atoms with van der Waals surface area (Å²) in [5.41, 5.74) is 2.33. The van der Waals surface area contributed by atoms with Gasteiger partial charge >= 0.3 is 0 Å². The highest BCUT2D eigenvalue weighted by Gasteiger charge is 2.15. The molecule has 3 heteroatoms. The van der Waals surface area contributed by atoms with Crippen molar-refractivity contribution >= 4 is 10.9 Å². The normalized spacial score (nSPS) is 12.5. The van der Waals surface area contributed by atoms with Gasteiger partial charge in [0.15, 0.2) is 11.5 Å². The predicted molar refractivity (Wildman–Crippen MR) is 60.5 cm³/mol. The van der Waals surface area contributed by atoms with Crippen molar-refractivity contribution in [2.45, 2.75) is 20.8 Å². The van der Waals surface area contributed by atoms with Crippen molar-refractivity contribution in [1.82, 2.24) is 4.98 Å². The largest absolute Gasteiger partial charge is 0.454 e. The first-order valence-electron chi connectivity index (χ1n) is 5.22. The summed E-state index contributed by atoms with van der Waals surface area (Å²) in [5.74, 6) is 1.67. The van der Waals surface area contributed by atoms with Gasteiger partial charge in [0.1, 0.15) is 0 Å². The summed E-state index contributed by atoms with van der Waals surface area (Å²) in [5, 5.41) is 1.20. The zero-order valence-electron chi connectivity index (χ0n) is 9.26. The van der Waals surface area contributed by atoms with E-state index in [4.69, 9.17) is 9.47 Å². The lowest BCUT2D eigenvalue weighted by atomic mass is 10.2. The number of nitrogens with one attached hydrogen (secondary N) is 1. The van der Waals surface area contributed by atoms with Crippen LogP contribution in [0.5, 0.6) is 11.5 Å². The van der Waals surface area contributed by atoms with Crippen molar-refractivity contribution in [1.29, 1.82) is 0 Å². The van der Waals surface area contributed by atoms with E-state index in [1.54, 1.807) is 0 Å². The van der Waals surface area contributed by atoms with E-state index in [0.717, 1.165) is 17.0 Å². The first-order valence-corrected chi connectivity index (χ1v) is 5.22. The van der Waals surface area contributed by atoms with Gasteiger partial charge in [0, 0.05) is 23.2 Å². The van der Waals surface area contributed by atoms with E-state index in [1.807, 2.05) is 32.2 Å². The summed E-state index contributed by atoms with van der Waals surface area (Å²) in [7, 11) is 0. The van der Waals surface area contributed by atoms with Crippen molar-refractivity contribution in [3.8, 4) is 11.5 Å². The maximum atomic E-state index is 5.29. The molecule has 0 amide bonds. The Morgan fingerprint density at radius 1 is 1.13 bits per heavy atom. The number of hydrogen-bond acceptors (Lipinski definition) is 2. The molecule has 0 bridgehead atoms. The van der Waals surface area contributed by atoms with Crippen LogP contribution in [0.25, 0.3) is 10.9 Å². The highest BCUT2D eigenvalue weighted by molar-refractivity contribution is 5.86. The molecule has 1 N–H and O–H groups in total. The molecule has 0 fully saturated rings. The molecule has 0 unspecified atom stereocenters. The third kappa shape index (κ3) is 1.54. The van der Waals surface area contributed by atoms with Crippen LogP contribution in [-0.2, 0) is 0 Å². The first kappa shape index (κ1) is 9.90. The van der Waals surface area contributed by atoms with E-state index in [2.05, 4.69) is 11.9 Å². The molecule has 80 valence electrons. The van der Waals surface area contributed by atoms with Crippen molar-refractivity contribution in [2.75, 3.05) is 6.79 Å². The van der Waals surface area contributed by atoms with Crippen LogP contribution in [-0.4, -0.2) is 11.8 Å². The SMILES string of the molecule is CC.Cc1c[nH]c2cc3c(cc12)OCO3. The van der Waals surface area contributed by atoms with E-state index in [-0.39, 0.29) is 0 Å². The number of rotatable bonds is 0. The van der Waals surface area contributed by atoms with Crippen LogP contribution >= 0.6 is 0 Å². The number of hydrogen-bond donors (Lipinski definition) is 1. The molecular formula is C12H15NO2. The van der Waals surface area contributed by atoms with Crippen LogP contribution in [0.1, 0.15) is 19.4 Å². The monoisotopic (exact) mass is 205 g/mol. The summed E-state index contributed by atoms with van der Waals surface area (Å²) in [6.45, 7) is 6.40. The Balaban J connectivity index is 0.000000404. The standard InChI is InChI=1S/C10H9NO2.C2H6/c1-6-4-11-8-3-10-9(2-7(6)8)12-5-13-10;1-2/h2-4,11H,5H2,1H3;1-2H3. The average Bonchev–Trinajstić information content (AvgIpc) is 2.86. The quantitative estimate of drug-likeness (QED) is 0.716. The summed E-state index contributed by atoms with van der Waals surface area (Å²) < 4.78 is 10.6. The minimum absolute atomic E-state index is 0.334. The molecule has 1 aliphatic heterocycles. The Bertz CT molecular complexity index is 474. The van der Waals surface area contributed by atoms with Gasteiger partial charge in [-0.1, -0.05) is 13.8 Å². The summed E-state index contributed by atoms with van der Waals surface area (Å²) >= 11 is 0. The fraction of sp³-hybridized carbons (Fsp3) is 0.333. The fourth-order valence-electron chi connectivity index (χ4n) is 1.65. The zero-order valence-corrected chi connectivity index (χ0v) is 9.26. The molecule has 1 aliphatic rings. The molecular weight excluding hydrogens is 190 g/mol. The van der Waals surface area contributed by atoms with E-state index in [1.165, 1.54) is 10.9 Å². The lowest BCUT2D eigenvalue weighted by molar-refractivity contribution is 0.174. The van der Waals surface area contributed by atoms with Crippen LogP contribution < -0.4 is 9.47 Å². The average molecular weight is 205 g/mol. The Morgan fingerprint density at radius 2 is 1.80 bits per heavy atom. The van der Waals surface area contributed by atoms with Gasteiger partial charge in [0.25, 0.3) is 0 Å². The van der Waals surface area contributed by atoms with Gasteiger partial charge in [0.05, 0.1) is 0 Å². The molecule has 0 atom stereocenters. The first-order chi connectivity index (χ1) is 7.34. The number of fused-ring (bicyclic) bond motifs is 2. The molecule has 15 heavy (non-hydrogen) atoms. The van der Waals surface area contributed by atoms with E-state index >= 15 is 0 Å². The molecule has 2 aromatic rings. The Labute approximate surface area is 89.0 Å². The minimum atomic E-state index is 0.334. The van der Waals surface area contributed by atoms with Crippen molar-refractivity contribution < 1.29 is 9.47 Å². The molecule has 0 aliphatic carbocycles. The van der Waals surface area contributed by atoms with Gasteiger partial charge in [0.2, 0.25) is 6.79 Å². The smallest absolute Gasteiger partial charge is 0.231 e. The number of aromatic amines is 1. The minimum Gasteiger partial charge on any atom is -0.454 e. The Hall–Kier alpha value is -1.64. The van der Waals surface area contributed by atoms with Crippen LogP contribution in [0.2, 0.25) is 0 Å². The molecule has 0 radical (unpaired) electrons. The highest BCUT2D eigenvalue weighted by atomic mass is 16.7. The summed E-state index contributed by atoms with van der Waals surface area (Å²) in [6.07, 6.45) is 1.99. The van der Waals surface area contributed by atoms with Gasteiger partial charge in [-0.2, -0.15) is 0 Å². The van der Waals surface area contributed by atoms with Gasteiger partial charge < -0.3 is 14.5 Å². The number of ether oxygens (including phenoxy) is 2.